The molecular formula is C28H25BrClN5OS. The highest BCUT2D eigenvalue weighted by Gasteiger charge is 2.42. The number of nitrogens with one attached hydrogen (secondary N) is 2. The van der Waals surface area contributed by atoms with E-state index in [0.717, 1.165) is 27.2 Å². The van der Waals surface area contributed by atoms with E-state index in [1.165, 1.54) is 0 Å². The van der Waals surface area contributed by atoms with Crippen molar-refractivity contribution in [3.8, 4) is 5.69 Å². The summed E-state index contributed by atoms with van der Waals surface area (Å²) in [5.74, 6) is -0.242. The Bertz CT molecular complexity index is 1460. The van der Waals surface area contributed by atoms with Crippen LogP contribution in [0.1, 0.15) is 37.3 Å². The van der Waals surface area contributed by atoms with Crippen molar-refractivity contribution in [2.45, 2.75) is 25.9 Å². The van der Waals surface area contributed by atoms with Gasteiger partial charge < -0.3 is 20.1 Å². The lowest BCUT2D eigenvalue weighted by atomic mass is 10.0. The second-order valence-corrected chi connectivity index (χ2v) is 10.8. The number of thiocarbonyl (C=S) groups is 1. The van der Waals surface area contributed by atoms with Crippen molar-refractivity contribution in [2.24, 2.45) is 5.92 Å². The summed E-state index contributed by atoms with van der Waals surface area (Å²) in [4.78, 5) is 18.9. The van der Waals surface area contributed by atoms with E-state index in [2.05, 4.69) is 59.2 Å². The summed E-state index contributed by atoms with van der Waals surface area (Å²) in [6.07, 6.45) is 3.83. The predicted octanol–water partition coefficient (Wildman–Crippen LogP) is 7.06. The van der Waals surface area contributed by atoms with Crippen LogP contribution in [0, 0.1) is 5.92 Å². The molecule has 188 valence electrons. The van der Waals surface area contributed by atoms with Gasteiger partial charge in [-0.3, -0.25) is 9.78 Å². The molecule has 1 amide bonds. The van der Waals surface area contributed by atoms with Crippen molar-refractivity contribution in [3.63, 3.8) is 0 Å². The number of anilines is 2. The maximum absolute atomic E-state index is 12.2. The summed E-state index contributed by atoms with van der Waals surface area (Å²) >= 11 is 16.1. The molecule has 2 N–H and O–H groups in total. The van der Waals surface area contributed by atoms with Gasteiger partial charge in [-0.2, -0.15) is 0 Å². The third-order valence-corrected chi connectivity index (χ3v) is 7.40. The third-order valence-electron chi connectivity index (χ3n) is 6.28. The van der Waals surface area contributed by atoms with Gasteiger partial charge in [0.15, 0.2) is 5.11 Å². The van der Waals surface area contributed by atoms with Gasteiger partial charge in [-0.25, -0.2) is 0 Å². The molecule has 0 spiro atoms. The maximum Gasteiger partial charge on any atom is 0.226 e. The Hall–Kier alpha value is -3.20. The third kappa shape index (κ3) is 5.14. The molecule has 1 fully saturated rings. The number of carbonyl (C=O) groups is 1. The first-order valence-corrected chi connectivity index (χ1v) is 13.5. The van der Waals surface area contributed by atoms with Crippen molar-refractivity contribution < 1.29 is 4.79 Å². The average Bonchev–Trinajstić information content (AvgIpc) is 3.50. The molecular weight excluding hydrogens is 570 g/mol. The van der Waals surface area contributed by atoms with Gasteiger partial charge in [0, 0.05) is 39.9 Å². The molecule has 1 aliphatic rings. The van der Waals surface area contributed by atoms with Crippen LogP contribution >= 0.6 is 39.7 Å². The lowest BCUT2D eigenvalue weighted by Crippen LogP contribution is -2.30. The Balaban J connectivity index is 1.60. The smallest absolute Gasteiger partial charge is 0.226 e. The van der Waals surface area contributed by atoms with E-state index in [1.807, 2.05) is 74.6 Å². The first-order valence-electron chi connectivity index (χ1n) is 11.9. The van der Waals surface area contributed by atoms with Gasteiger partial charge in [0.1, 0.15) is 6.04 Å². The van der Waals surface area contributed by atoms with Crippen LogP contribution in [0.5, 0.6) is 0 Å². The van der Waals surface area contributed by atoms with E-state index in [1.54, 1.807) is 6.20 Å². The predicted molar refractivity (Wildman–Crippen MR) is 156 cm³/mol. The van der Waals surface area contributed by atoms with E-state index in [-0.39, 0.29) is 23.9 Å². The fraction of sp³-hybridized carbons (Fsp3) is 0.179. The summed E-state index contributed by atoms with van der Waals surface area (Å²) in [6.45, 7) is 3.68. The molecule has 2 aromatic carbocycles. The number of aromatic nitrogens is 2. The summed E-state index contributed by atoms with van der Waals surface area (Å²) in [5, 5.41) is 7.39. The van der Waals surface area contributed by atoms with Crippen LogP contribution in [-0.2, 0) is 4.79 Å². The molecule has 6 nitrogen and oxygen atoms in total. The molecule has 3 heterocycles. The van der Waals surface area contributed by atoms with Crippen LogP contribution in [0.3, 0.4) is 0 Å². The Labute approximate surface area is 234 Å². The molecule has 37 heavy (non-hydrogen) atoms. The van der Waals surface area contributed by atoms with Gasteiger partial charge in [0.25, 0.3) is 0 Å². The number of carbonyl (C=O) groups excluding carboxylic acids is 1. The Morgan fingerprint density at radius 1 is 1.08 bits per heavy atom. The minimum absolute atomic E-state index is 0.0899. The average molecular weight is 595 g/mol. The van der Waals surface area contributed by atoms with Crippen LogP contribution in [0.25, 0.3) is 5.69 Å². The zero-order valence-electron chi connectivity index (χ0n) is 20.2. The zero-order valence-corrected chi connectivity index (χ0v) is 23.4. The van der Waals surface area contributed by atoms with Crippen molar-refractivity contribution in [1.29, 1.82) is 0 Å². The fourth-order valence-electron chi connectivity index (χ4n) is 4.46. The second kappa shape index (κ2) is 10.7. The largest absolute Gasteiger partial charge is 0.351 e. The Morgan fingerprint density at radius 2 is 1.92 bits per heavy atom. The number of pyridine rings is 1. The van der Waals surface area contributed by atoms with Crippen LogP contribution in [0.4, 0.5) is 11.4 Å². The van der Waals surface area contributed by atoms with Crippen molar-refractivity contribution in [1.82, 2.24) is 14.9 Å². The van der Waals surface area contributed by atoms with Gasteiger partial charge >= 0.3 is 0 Å². The zero-order chi connectivity index (χ0) is 26.1. The highest BCUT2D eigenvalue weighted by molar-refractivity contribution is 9.10. The molecule has 1 aliphatic heterocycles. The summed E-state index contributed by atoms with van der Waals surface area (Å²) in [7, 11) is 0. The minimum Gasteiger partial charge on any atom is -0.351 e. The molecule has 2 atom stereocenters. The monoisotopic (exact) mass is 593 g/mol. The summed E-state index contributed by atoms with van der Waals surface area (Å²) in [5.41, 5.74) is 4.32. The van der Waals surface area contributed by atoms with Gasteiger partial charge in [-0.15, -0.1) is 0 Å². The molecule has 4 aromatic rings. The van der Waals surface area contributed by atoms with Crippen molar-refractivity contribution >= 4 is 62.1 Å². The number of hydrogen-bond donors (Lipinski definition) is 2. The van der Waals surface area contributed by atoms with E-state index < -0.39 is 0 Å². The SMILES string of the molecule is CC(C)C(=O)Nc1ccc(N2C(=S)N[C@@H](c3ccccn3)[C@@H]2c2cccn2-c2cccc(Br)c2)cc1Cl. The summed E-state index contributed by atoms with van der Waals surface area (Å²) < 4.78 is 3.15. The standard InChI is InChI=1S/C28H25BrClN5OS/c1-17(2)27(36)32-22-12-11-20(16-21(22)30)35-26(25(33-28(35)37)23-9-3-4-13-31-23)24-10-6-14-34(24)19-8-5-7-18(29)15-19/h3-17,25-26H,1-2H3,(H,32,36)(H,33,37)/t25-,26-/m0/s1. The molecule has 9 heteroatoms. The van der Waals surface area contributed by atoms with Crippen LogP contribution in [0.15, 0.2) is 89.7 Å². The highest BCUT2D eigenvalue weighted by Crippen LogP contribution is 2.43. The summed E-state index contributed by atoms with van der Waals surface area (Å²) in [6, 6.07) is 23.3. The fourth-order valence-corrected chi connectivity index (χ4v) is 5.42. The van der Waals surface area contributed by atoms with Crippen LogP contribution in [-0.4, -0.2) is 20.6 Å². The van der Waals surface area contributed by atoms with Gasteiger partial charge in [0.05, 0.1) is 22.4 Å². The van der Waals surface area contributed by atoms with Crippen molar-refractivity contribution in [2.75, 3.05) is 10.2 Å². The van der Waals surface area contributed by atoms with Gasteiger partial charge in [0.2, 0.25) is 5.91 Å². The molecule has 1 saturated heterocycles. The highest BCUT2D eigenvalue weighted by atomic mass is 79.9. The first-order chi connectivity index (χ1) is 17.8. The molecule has 0 radical (unpaired) electrons. The lowest BCUT2D eigenvalue weighted by Gasteiger charge is -2.29. The minimum atomic E-state index is -0.219. The normalized spacial score (nSPS) is 17.2. The number of hydrogen-bond acceptors (Lipinski definition) is 3. The molecule has 0 aliphatic carbocycles. The number of amides is 1. The lowest BCUT2D eigenvalue weighted by molar-refractivity contribution is -0.118. The molecule has 0 bridgehead atoms. The van der Waals surface area contributed by atoms with E-state index in [4.69, 9.17) is 23.8 Å². The second-order valence-electron chi connectivity index (χ2n) is 9.09. The Kier molecular flexibility index (Phi) is 7.33. The van der Waals surface area contributed by atoms with Gasteiger partial charge in [-0.1, -0.05) is 53.5 Å². The number of halogens is 2. The Morgan fingerprint density at radius 3 is 2.62 bits per heavy atom. The van der Waals surface area contributed by atoms with E-state index >= 15 is 0 Å². The van der Waals surface area contributed by atoms with Crippen LogP contribution < -0.4 is 15.5 Å². The van der Waals surface area contributed by atoms with Crippen LogP contribution in [0.2, 0.25) is 5.02 Å². The molecule has 5 rings (SSSR count). The number of benzene rings is 2. The molecule has 0 saturated carbocycles. The van der Waals surface area contributed by atoms with E-state index in [0.29, 0.717) is 15.8 Å². The molecule has 0 unspecified atom stereocenters. The quantitative estimate of drug-likeness (QED) is 0.234. The van der Waals surface area contributed by atoms with Gasteiger partial charge in [-0.05, 0) is 72.9 Å². The molecule has 2 aromatic heterocycles. The number of nitrogens with zero attached hydrogens (tertiary/aromatic N) is 3. The van der Waals surface area contributed by atoms with Crippen molar-refractivity contribution in [3.05, 3.63) is 106 Å². The topological polar surface area (TPSA) is 62.2 Å². The van der Waals surface area contributed by atoms with E-state index in [9.17, 15) is 4.79 Å². The first kappa shape index (κ1) is 25.4. The maximum atomic E-state index is 12.2. The number of rotatable bonds is 6.